The lowest BCUT2D eigenvalue weighted by Gasteiger charge is -2.13. The van der Waals surface area contributed by atoms with E-state index in [9.17, 15) is 0 Å². The summed E-state index contributed by atoms with van der Waals surface area (Å²) in [6, 6.07) is 14.0. The number of thioether (sulfide) groups is 1. The molecule has 2 N–H and O–H groups in total. The van der Waals surface area contributed by atoms with Gasteiger partial charge in [0.2, 0.25) is 5.75 Å². The minimum atomic E-state index is 0.500. The highest BCUT2D eigenvalue weighted by molar-refractivity contribution is 8.13. The van der Waals surface area contributed by atoms with E-state index in [1.54, 1.807) is 21.3 Å². The van der Waals surface area contributed by atoms with E-state index in [4.69, 9.17) is 14.2 Å². The highest BCUT2D eigenvalue weighted by atomic mass is 32.2. The number of nitrogens with zero attached hydrogens (tertiary/aromatic N) is 2. The molecule has 0 radical (unpaired) electrons. The summed E-state index contributed by atoms with van der Waals surface area (Å²) >= 11 is 1.52. The average molecular weight is 441 g/mol. The summed E-state index contributed by atoms with van der Waals surface area (Å²) in [6.45, 7) is 4.36. The Morgan fingerprint density at radius 2 is 1.65 bits per heavy atom. The van der Waals surface area contributed by atoms with Crippen molar-refractivity contribution in [3.63, 3.8) is 0 Å². The van der Waals surface area contributed by atoms with Gasteiger partial charge in [-0.2, -0.15) is 5.10 Å². The van der Waals surface area contributed by atoms with Crippen LogP contribution in [-0.4, -0.2) is 43.0 Å². The maximum absolute atomic E-state index is 5.44. The topological polar surface area (TPSA) is 80.8 Å². The number of hydrogen-bond donors (Lipinski definition) is 2. The van der Waals surface area contributed by atoms with E-state index in [1.165, 1.54) is 17.3 Å². The standard InChI is InChI=1S/C23H28N4O3S/c1-14(2)15-7-9-17(10-8-15)24-23(31-6)25-21-13-18(26-27-21)16-11-19(28-3)22(30-5)20(12-16)29-4/h7-14H,1-6H3,(H2,24,25,26,27). The molecule has 3 aromatic rings. The van der Waals surface area contributed by atoms with Gasteiger partial charge in [-0.15, -0.1) is 0 Å². The van der Waals surface area contributed by atoms with Gasteiger partial charge in [0.25, 0.3) is 0 Å². The molecule has 0 atom stereocenters. The van der Waals surface area contributed by atoms with Crippen LogP contribution in [0.3, 0.4) is 0 Å². The van der Waals surface area contributed by atoms with Crippen molar-refractivity contribution >= 4 is 28.4 Å². The van der Waals surface area contributed by atoms with Crippen LogP contribution in [0.25, 0.3) is 11.3 Å². The van der Waals surface area contributed by atoms with Gasteiger partial charge in [0.15, 0.2) is 22.5 Å². The van der Waals surface area contributed by atoms with Crippen LogP contribution in [-0.2, 0) is 0 Å². The molecule has 0 fully saturated rings. The molecule has 1 aromatic heterocycles. The summed E-state index contributed by atoms with van der Waals surface area (Å²) in [5, 5.41) is 11.5. The molecule has 31 heavy (non-hydrogen) atoms. The lowest BCUT2D eigenvalue weighted by atomic mass is 10.0. The Balaban J connectivity index is 1.84. The summed E-state index contributed by atoms with van der Waals surface area (Å²) in [7, 11) is 4.76. The van der Waals surface area contributed by atoms with E-state index in [0.29, 0.717) is 29.0 Å². The molecule has 8 heteroatoms. The molecule has 0 bridgehead atoms. The predicted molar refractivity (Wildman–Crippen MR) is 128 cm³/mol. The summed E-state index contributed by atoms with van der Waals surface area (Å²) in [5.74, 6) is 2.77. The molecule has 0 aliphatic rings. The molecule has 7 nitrogen and oxygen atoms in total. The Kier molecular flexibility index (Phi) is 7.46. The van der Waals surface area contributed by atoms with Gasteiger partial charge in [-0.25, -0.2) is 4.99 Å². The Bertz CT molecular complexity index is 1020. The highest BCUT2D eigenvalue weighted by Gasteiger charge is 2.15. The number of nitrogens with one attached hydrogen (secondary N) is 2. The van der Waals surface area contributed by atoms with Gasteiger partial charge in [0.1, 0.15) is 0 Å². The van der Waals surface area contributed by atoms with Crippen LogP contribution < -0.4 is 19.5 Å². The molecule has 2 aromatic carbocycles. The number of H-pyrrole nitrogens is 1. The molecule has 1 heterocycles. The maximum Gasteiger partial charge on any atom is 0.203 e. The van der Waals surface area contributed by atoms with Crippen LogP contribution in [0.5, 0.6) is 17.2 Å². The third-order valence-corrected chi connectivity index (χ3v) is 5.36. The number of aliphatic imine (C=N–C) groups is 1. The maximum atomic E-state index is 5.44. The molecule has 0 unspecified atom stereocenters. The van der Waals surface area contributed by atoms with Crippen molar-refractivity contribution in [2.24, 2.45) is 4.99 Å². The quantitative estimate of drug-likeness (QED) is 0.363. The second-order valence-electron chi connectivity index (χ2n) is 7.08. The number of amidine groups is 1. The normalized spacial score (nSPS) is 11.5. The van der Waals surface area contributed by atoms with Crippen molar-refractivity contribution in [1.29, 1.82) is 0 Å². The van der Waals surface area contributed by atoms with Crippen LogP contribution in [0.4, 0.5) is 11.5 Å². The minimum absolute atomic E-state index is 0.500. The monoisotopic (exact) mass is 440 g/mol. The Morgan fingerprint density at radius 1 is 1.00 bits per heavy atom. The fourth-order valence-electron chi connectivity index (χ4n) is 3.06. The van der Waals surface area contributed by atoms with Gasteiger partial charge in [0.05, 0.1) is 27.0 Å². The fraction of sp³-hybridized carbons (Fsp3) is 0.304. The fourth-order valence-corrected chi connectivity index (χ4v) is 3.46. The van der Waals surface area contributed by atoms with Crippen molar-refractivity contribution in [2.75, 3.05) is 32.9 Å². The van der Waals surface area contributed by atoms with Crippen LogP contribution in [0.1, 0.15) is 25.3 Å². The second kappa shape index (κ2) is 10.3. The number of methoxy groups -OCH3 is 3. The third kappa shape index (κ3) is 5.32. The Morgan fingerprint density at radius 3 is 2.16 bits per heavy atom. The molecule has 0 aliphatic heterocycles. The van der Waals surface area contributed by atoms with E-state index in [1.807, 2.05) is 24.5 Å². The lowest BCUT2D eigenvalue weighted by Crippen LogP contribution is -2.06. The number of rotatable bonds is 7. The van der Waals surface area contributed by atoms with Crippen LogP contribution in [0.2, 0.25) is 0 Å². The summed E-state index contributed by atoms with van der Waals surface area (Å²) < 4.78 is 16.3. The molecule has 3 rings (SSSR count). The van der Waals surface area contributed by atoms with E-state index in [2.05, 4.69) is 58.6 Å². The molecular formula is C23H28N4O3S. The zero-order valence-corrected chi connectivity index (χ0v) is 19.5. The molecular weight excluding hydrogens is 412 g/mol. The van der Waals surface area contributed by atoms with Crippen LogP contribution in [0.15, 0.2) is 47.5 Å². The number of benzene rings is 2. The van der Waals surface area contributed by atoms with Gasteiger partial charge in [-0.1, -0.05) is 37.7 Å². The second-order valence-corrected chi connectivity index (χ2v) is 7.87. The third-order valence-electron chi connectivity index (χ3n) is 4.78. The Hall–Kier alpha value is -3.13. The number of ether oxygens (including phenoxy) is 3. The van der Waals surface area contributed by atoms with Gasteiger partial charge < -0.3 is 19.5 Å². The van der Waals surface area contributed by atoms with Crippen molar-refractivity contribution in [2.45, 2.75) is 19.8 Å². The predicted octanol–water partition coefficient (Wildman–Crippen LogP) is 5.69. The largest absolute Gasteiger partial charge is 0.493 e. The zero-order chi connectivity index (χ0) is 22.4. The Labute approximate surface area is 187 Å². The van der Waals surface area contributed by atoms with Crippen LogP contribution >= 0.6 is 11.8 Å². The van der Waals surface area contributed by atoms with E-state index in [0.717, 1.165) is 22.1 Å². The van der Waals surface area contributed by atoms with Crippen molar-refractivity contribution in [1.82, 2.24) is 10.2 Å². The molecule has 0 aliphatic carbocycles. The first-order valence-corrected chi connectivity index (χ1v) is 11.1. The van der Waals surface area contributed by atoms with E-state index < -0.39 is 0 Å². The number of aromatic nitrogens is 2. The zero-order valence-electron chi connectivity index (χ0n) is 18.6. The average Bonchev–Trinajstić information content (AvgIpc) is 3.26. The molecule has 0 spiro atoms. The molecule has 164 valence electrons. The van der Waals surface area contributed by atoms with Crippen LogP contribution in [0, 0.1) is 0 Å². The first-order chi connectivity index (χ1) is 15.0. The number of hydrogen-bond acceptors (Lipinski definition) is 6. The van der Waals surface area contributed by atoms with Gasteiger partial charge in [-0.05, 0) is 42.0 Å². The highest BCUT2D eigenvalue weighted by Crippen LogP contribution is 2.41. The van der Waals surface area contributed by atoms with E-state index in [-0.39, 0.29) is 0 Å². The molecule has 0 amide bonds. The van der Waals surface area contributed by atoms with Crippen molar-refractivity contribution in [3.05, 3.63) is 48.0 Å². The SMILES string of the molecule is COc1cc(-c2cc(N=C(Nc3ccc(C(C)C)cc3)SC)n[nH]2)cc(OC)c1OC. The number of aromatic amines is 1. The van der Waals surface area contributed by atoms with Gasteiger partial charge >= 0.3 is 0 Å². The van der Waals surface area contributed by atoms with Crippen molar-refractivity contribution in [3.8, 4) is 28.5 Å². The minimum Gasteiger partial charge on any atom is -0.493 e. The smallest absolute Gasteiger partial charge is 0.203 e. The lowest BCUT2D eigenvalue weighted by molar-refractivity contribution is 0.324. The summed E-state index contributed by atoms with van der Waals surface area (Å²) in [5.41, 5.74) is 3.93. The first kappa shape index (κ1) is 22.6. The summed E-state index contributed by atoms with van der Waals surface area (Å²) in [4.78, 5) is 4.63. The number of anilines is 1. The van der Waals surface area contributed by atoms with Gasteiger partial charge in [-0.3, -0.25) is 5.10 Å². The van der Waals surface area contributed by atoms with Crippen molar-refractivity contribution < 1.29 is 14.2 Å². The molecule has 0 saturated carbocycles. The molecule has 0 saturated heterocycles. The first-order valence-electron chi connectivity index (χ1n) is 9.84. The van der Waals surface area contributed by atoms with Gasteiger partial charge in [0, 0.05) is 17.3 Å². The summed E-state index contributed by atoms with van der Waals surface area (Å²) in [6.07, 6.45) is 1.97. The van der Waals surface area contributed by atoms with E-state index >= 15 is 0 Å².